The van der Waals surface area contributed by atoms with Crippen LogP contribution in [0.2, 0.25) is 0 Å². The molecule has 1 aliphatic heterocycles. The minimum absolute atomic E-state index is 0.00418. The summed E-state index contributed by atoms with van der Waals surface area (Å²) in [7, 11) is -3.58. The third-order valence-corrected chi connectivity index (χ3v) is 5.51. The lowest BCUT2D eigenvalue weighted by Gasteiger charge is -2.24. The minimum atomic E-state index is -3.58. The van der Waals surface area contributed by atoms with Crippen LogP contribution in [0.3, 0.4) is 0 Å². The van der Waals surface area contributed by atoms with Gasteiger partial charge in [0, 0.05) is 12.6 Å². The Morgan fingerprint density at radius 3 is 2.67 bits per heavy atom. The predicted octanol–water partition coefficient (Wildman–Crippen LogP) is 3.54. The van der Waals surface area contributed by atoms with Crippen molar-refractivity contribution in [1.82, 2.24) is 4.90 Å². The summed E-state index contributed by atoms with van der Waals surface area (Å²) in [6.45, 7) is 3.51. The van der Waals surface area contributed by atoms with E-state index in [1.54, 1.807) is 24.3 Å². The van der Waals surface area contributed by atoms with Crippen LogP contribution in [0.25, 0.3) is 0 Å². The summed E-state index contributed by atoms with van der Waals surface area (Å²) >= 11 is 0. The van der Waals surface area contributed by atoms with Crippen molar-refractivity contribution in [3.8, 4) is 5.75 Å². The molecule has 0 bridgehead atoms. The number of nitrogens with zero attached hydrogens (tertiary/aromatic N) is 1. The number of para-hydroxylation sites is 1. The van der Waals surface area contributed by atoms with Crippen LogP contribution < -0.4 is 4.18 Å². The van der Waals surface area contributed by atoms with Crippen molar-refractivity contribution in [2.24, 2.45) is 0 Å². The monoisotopic (exact) mass is 345 g/mol. The van der Waals surface area contributed by atoms with Crippen LogP contribution in [0.15, 0.2) is 54.6 Å². The van der Waals surface area contributed by atoms with Crippen LogP contribution in [-0.2, 0) is 10.1 Å². The Balaban J connectivity index is 1.63. The molecule has 0 N–H and O–H groups in total. The zero-order valence-electron chi connectivity index (χ0n) is 13.9. The summed E-state index contributed by atoms with van der Waals surface area (Å²) in [6, 6.07) is 17.4. The quantitative estimate of drug-likeness (QED) is 0.751. The summed E-state index contributed by atoms with van der Waals surface area (Å²) in [5, 5.41) is 0. The molecular formula is C19H23NO3S. The molecule has 4 nitrogen and oxygen atoms in total. The highest BCUT2D eigenvalue weighted by Gasteiger charge is 2.27. The molecule has 1 fully saturated rings. The molecule has 1 aliphatic rings. The zero-order valence-corrected chi connectivity index (χ0v) is 14.7. The molecule has 0 radical (unpaired) electrons. The third-order valence-electron chi connectivity index (χ3n) is 4.39. The summed E-state index contributed by atoms with van der Waals surface area (Å²) < 4.78 is 29.6. The molecule has 2 aromatic carbocycles. The van der Waals surface area contributed by atoms with E-state index in [9.17, 15) is 8.42 Å². The van der Waals surface area contributed by atoms with Crippen LogP contribution in [0.4, 0.5) is 0 Å². The van der Waals surface area contributed by atoms with Crippen molar-refractivity contribution in [2.75, 3.05) is 18.8 Å². The summed E-state index contributed by atoms with van der Waals surface area (Å²) in [5.41, 5.74) is 2.51. The normalized spacial score (nSPS) is 18.6. The van der Waals surface area contributed by atoms with E-state index in [2.05, 4.69) is 36.1 Å². The fourth-order valence-corrected chi connectivity index (χ4v) is 4.19. The van der Waals surface area contributed by atoms with Crippen LogP contribution in [0.1, 0.15) is 30.0 Å². The minimum Gasteiger partial charge on any atom is -0.382 e. The van der Waals surface area contributed by atoms with Gasteiger partial charge in [0.2, 0.25) is 0 Å². The first-order valence-corrected chi connectivity index (χ1v) is 9.89. The maximum absolute atomic E-state index is 12.2. The maximum Gasteiger partial charge on any atom is 0.310 e. The fourth-order valence-electron chi connectivity index (χ4n) is 3.24. The Labute approximate surface area is 144 Å². The van der Waals surface area contributed by atoms with Crippen LogP contribution in [0, 0.1) is 6.92 Å². The van der Waals surface area contributed by atoms with Crippen molar-refractivity contribution in [1.29, 1.82) is 0 Å². The van der Waals surface area contributed by atoms with Gasteiger partial charge in [0.25, 0.3) is 0 Å². The number of benzene rings is 2. The van der Waals surface area contributed by atoms with Gasteiger partial charge in [-0.3, -0.25) is 4.90 Å². The van der Waals surface area contributed by atoms with Gasteiger partial charge in [-0.25, -0.2) is 0 Å². The highest BCUT2D eigenvalue weighted by molar-refractivity contribution is 7.87. The number of likely N-dealkylation sites (tertiary alicyclic amines) is 1. The van der Waals surface area contributed by atoms with Crippen LogP contribution >= 0.6 is 0 Å². The van der Waals surface area contributed by atoms with Crippen molar-refractivity contribution in [3.05, 3.63) is 65.7 Å². The molecule has 2 aromatic rings. The molecule has 1 unspecified atom stereocenters. The average molecular weight is 345 g/mol. The van der Waals surface area contributed by atoms with Gasteiger partial charge in [-0.1, -0.05) is 48.0 Å². The van der Waals surface area contributed by atoms with Crippen molar-refractivity contribution < 1.29 is 12.6 Å². The van der Waals surface area contributed by atoms with Gasteiger partial charge < -0.3 is 4.18 Å². The van der Waals surface area contributed by atoms with Gasteiger partial charge in [0.05, 0.1) is 5.75 Å². The predicted molar refractivity (Wildman–Crippen MR) is 95.6 cm³/mol. The molecule has 0 amide bonds. The lowest BCUT2D eigenvalue weighted by Crippen LogP contribution is -2.30. The molecule has 24 heavy (non-hydrogen) atoms. The summed E-state index contributed by atoms with van der Waals surface area (Å²) in [5.74, 6) is 0.374. The van der Waals surface area contributed by atoms with Crippen LogP contribution in [0.5, 0.6) is 5.75 Å². The second kappa shape index (κ2) is 7.36. The molecule has 1 heterocycles. The highest BCUT2D eigenvalue weighted by Crippen LogP contribution is 2.32. The molecule has 128 valence electrons. The second-order valence-corrected chi connectivity index (χ2v) is 7.96. The van der Waals surface area contributed by atoms with Crippen LogP contribution in [-0.4, -0.2) is 32.2 Å². The molecule has 0 saturated carbocycles. The van der Waals surface area contributed by atoms with E-state index in [-0.39, 0.29) is 5.75 Å². The molecule has 1 saturated heterocycles. The second-order valence-electron chi connectivity index (χ2n) is 6.27. The first-order valence-electron chi connectivity index (χ1n) is 8.31. The highest BCUT2D eigenvalue weighted by atomic mass is 32.2. The van der Waals surface area contributed by atoms with E-state index < -0.39 is 10.1 Å². The SMILES string of the molecule is Cc1cccc(C2CCCN2CCS(=O)(=O)Oc2ccccc2)c1. The third kappa shape index (κ3) is 4.36. The van der Waals surface area contributed by atoms with Crippen molar-refractivity contribution in [2.45, 2.75) is 25.8 Å². The first-order chi connectivity index (χ1) is 11.5. The van der Waals surface area contributed by atoms with E-state index in [1.165, 1.54) is 11.1 Å². The molecule has 1 atom stereocenters. The van der Waals surface area contributed by atoms with E-state index in [4.69, 9.17) is 4.18 Å². The van der Waals surface area contributed by atoms with Gasteiger partial charge in [0.15, 0.2) is 0 Å². The smallest absolute Gasteiger partial charge is 0.310 e. The molecule has 5 heteroatoms. The topological polar surface area (TPSA) is 46.6 Å². The van der Waals surface area contributed by atoms with Gasteiger partial charge in [-0.05, 0) is 44.0 Å². The van der Waals surface area contributed by atoms with E-state index >= 15 is 0 Å². The van der Waals surface area contributed by atoms with Gasteiger partial charge in [0.1, 0.15) is 5.75 Å². The number of hydrogen-bond donors (Lipinski definition) is 0. The fraction of sp³-hybridized carbons (Fsp3) is 0.368. The molecule has 0 aliphatic carbocycles. The Morgan fingerprint density at radius 2 is 1.92 bits per heavy atom. The number of rotatable bonds is 6. The molecule has 3 rings (SSSR count). The van der Waals surface area contributed by atoms with E-state index in [1.807, 2.05) is 6.07 Å². The standard InChI is InChI=1S/C19H23NO3S/c1-16-7-5-8-17(15-16)19-11-6-12-20(19)13-14-24(21,22)23-18-9-3-2-4-10-18/h2-5,7-10,15,19H,6,11-14H2,1H3. The Kier molecular flexibility index (Phi) is 5.21. The number of hydrogen-bond acceptors (Lipinski definition) is 4. The molecule has 0 spiro atoms. The molecular weight excluding hydrogens is 322 g/mol. The van der Waals surface area contributed by atoms with Crippen molar-refractivity contribution >= 4 is 10.1 Å². The average Bonchev–Trinajstić information content (AvgIpc) is 3.02. The largest absolute Gasteiger partial charge is 0.382 e. The van der Waals surface area contributed by atoms with Crippen molar-refractivity contribution in [3.63, 3.8) is 0 Å². The lowest BCUT2D eigenvalue weighted by molar-refractivity contribution is 0.270. The Bertz CT molecular complexity index is 774. The summed E-state index contributed by atoms with van der Waals surface area (Å²) in [4.78, 5) is 2.25. The Hall–Kier alpha value is -1.85. The maximum atomic E-state index is 12.2. The van der Waals surface area contributed by atoms with Gasteiger partial charge >= 0.3 is 10.1 Å². The Morgan fingerprint density at radius 1 is 1.12 bits per heavy atom. The first kappa shape index (κ1) is 17.0. The van der Waals surface area contributed by atoms with Gasteiger partial charge in [-0.15, -0.1) is 0 Å². The lowest BCUT2D eigenvalue weighted by atomic mass is 10.0. The molecule has 0 aromatic heterocycles. The van der Waals surface area contributed by atoms with Gasteiger partial charge in [-0.2, -0.15) is 8.42 Å². The van der Waals surface area contributed by atoms with E-state index in [0.29, 0.717) is 18.3 Å². The van der Waals surface area contributed by atoms with E-state index in [0.717, 1.165) is 19.4 Å². The zero-order chi connectivity index (χ0) is 17.0. The number of aryl methyl sites for hydroxylation is 1. The summed E-state index contributed by atoms with van der Waals surface area (Å²) in [6.07, 6.45) is 2.17.